The van der Waals surface area contributed by atoms with Gasteiger partial charge in [-0.25, -0.2) is 4.98 Å². The molecule has 1 spiro atoms. The van der Waals surface area contributed by atoms with E-state index >= 15 is 0 Å². The number of likely N-dealkylation sites (tertiary alicyclic amines) is 2. The molecular weight excluding hydrogens is 308 g/mol. The standard InChI is InChI=1S/C17H24N4O3/c22-15(14-18-5-6-19-14)21-9-3-17(4-10-21)11-13(24-16(17)23)12-20-7-1-2-8-20/h5-6,13H,1-4,7-12H2,(H,18,19). The van der Waals surface area contributed by atoms with Gasteiger partial charge in [0.2, 0.25) is 0 Å². The molecule has 4 rings (SSSR count). The first kappa shape index (κ1) is 15.6. The number of aromatic nitrogens is 2. The molecule has 4 heterocycles. The van der Waals surface area contributed by atoms with Gasteiger partial charge in [-0.2, -0.15) is 0 Å². The number of carbonyl (C=O) groups excluding carboxylic acids is 2. The summed E-state index contributed by atoms with van der Waals surface area (Å²) in [4.78, 5) is 35.9. The van der Waals surface area contributed by atoms with Gasteiger partial charge in [0.1, 0.15) is 6.10 Å². The number of piperidine rings is 1. The second-order valence-electron chi connectivity index (χ2n) is 7.25. The number of cyclic esters (lactones) is 1. The number of hydrogen-bond donors (Lipinski definition) is 1. The van der Waals surface area contributed by atoms with Crippen LogP contribution in [0.5, 0.6) is 0 Å². The molecule has 1 amide bonds. The first-order chi connectivity index (χ1) is 11.7. The Morgan fingerprint density at radius 2 is 2.04 bits per heavy atom. The molecule has 3 aliphatic rings. The molecule has 0 aromatic carbocycles. The van der Waals surface area contributed by atoms with Crippen molar-refractivity contribution in [1.29, 1.82) is 0 Å². The van der Waals surface area contributed by atoms with E-state index in [0.717, 1.165) is 26.1 Å². The van der Waals surface area contributed by atoms with Crippen molar-refractivity contribution in [1.82, 2.24) is 19.8 Å². The fraction of sp³-hybridized carbons (Fsp3) is 0.706. The van der Waals surface area contributed by atoms with Crippen molar-refractivity contribution in [2.45, 2.75) is 38.2 Å². The van der Waals surface area contributed by atoms with Gasteiger partial charge in [-0.15, -0.1) is 0 Å². The van der Waals surface area contributed by atoms with Crippen LogP contribution < -0.4 is 0 Å². The van der Waals surface area contributed by atoms with Crippen molar-refractivity contribution >= 4 is 11.9 Å². The number of ether oxygens (including phenoxy) is 1. The molecule has 0 aliphatic carbocycles. The van der Waals surface area contributed by atoms with Crippen molar-refractivity contribution in [3.05, 3.63) is 18.2 Å². The Morgan fingerprint density at radius 3 is 2.71 bits per heavy atom. The second kappa shape index (κ2) is 6.20. The largest absolute Gasteiger partial charge is 0.461 e. The molecule has 1 unspecified atom stereocenters. The molecule has 130 valence electrons. The van der Waals surface area contributed by atoms with Crippen molar-refractivity contribution in [3.8, 4) is 0 Å². The summed E-state index contributed by atoms with van der Waals surface area (Å²) in [6.45, 7) is 4.28. The van der Waals surface area contributed by atoms with Crippen molar-refractivity contribution in [2.75, 3.05) is 32.7 Å². The number of amides is 1. The number of nitrogens with zero attached hydrogens (tertiary/aromatic N) is 3. The Bertz CT molecular complexity index is 601. The van der Waals surface area contributed by atoms with E-state index in [0.29, 0.717) is 31.8 Å². The van der Waals surface area contributed by atoms with Gasteiger partial charge in [0.05, 0.1) is 5.41 Å². The number of nitrogens with one attached hydrogen (secondary N) is 1. The normalized spacial score (nSPS) is 26.9. The Balaban J connectivity index is 1.35. The number of carbonyl (C=O) groups is 2. The average molecular weight is 332 g/mol. The van der Waals surface area contributed by atoms with Gasteiger partial charge in [0.15, 0.2) is 5.82 Å². The van der Waals surface area contributed by atoms with E-state index in [2.05, 4.69) is 14.9 Å². The van der Waals surface area contributed by atoms with Crippen LogP contribution in [0.2, 0.25) is 0 Å². The lowest BCUT2D eigenvalue weighted by Gasteiger charge is -2.36. The number of imidazole rings is 1. The number of esters is 1. The molecule has 7 heteroatoms. The second-order valence-corrected chi connectivity index (χ2v) is 7.25. The van der Waals surface area contributed by atoms with Crippen LogP contribution in [0.4, 0.5) is 0 Å². The van der Waals surface area contributed by atoms with Crippen LogP contribution in [0, 0.1) is 5.41 Å². The zero-order chi connectivity index (χ0) is 16.6. The molecule has 7 nitrogen and oxygen atoms in total. The van der Waals surface area contributed by atoms with Crippen LogP contribution in [0.3, 0.4) is 0 Å². The lowest BCUT2D eigenvalue weighted by molar-refractivity contribution is -0.150. The molecule has 24 heavy (non-hydrogen) atoms. The van der Waals surface area contributed by atoms with Crippen LogP contribution >= 0.6 is 0 Å². The molecule has 3 fully saturated rings. The van der Waals surface area contributed by atoms with Crippen LogP contribution in [0.15, 0.2) is 12.4 Å². The van der Waals surface area contributed by atoms with Crippen molar-refractivity contribution < 1.29 is 14.3 Å². The third-order valence-electron chi connectivity index (χ3n) is 5.69. The Kier molecular flexibility index (Phi) is 4.04. The Labute approximate surface area is 141 Å². The highest BCUT2D eigenvalue weighted by Gasteiger charge is 2.51. The van der Waals surface area contributed by atoms with Gasteiger partial charge in [-0.3, -0.25) is 14.5 Å². The zero-order valence-electron chi connectivity index (χ0n) is 13.9. The van der Waals surface area contributed by atoms with Crippen molar-refractivity contribution in [2.24, 2.45) is 5.41 Å². The van der Waals surface area contributed by atoms with Gasteiger partial charge in [-0.05, 0) is 38.8 Å². The highest BCUT2D eigenvalue weighted by molar-refractivity contribution is 5.90. The summed E-state index contributed by atoms with van der Waals surface area (Å²) in [5, 5.41) is 0. The third kappa shape index (κ3) is 2.81. The molecule has 1 aromatic heterocycles. The van der Waals surface area contributed by atoms with E-state index in [1.54, 1.807) is 17.3 Å². The monoisotopic (exact) mass is 332 g/mol. The SMILES string of the molecule is O=C(c1ncc[nH]1)N1CCC2(CC1)CC(CN1CCCC1)OC2=O. The van der Waals surface area contributed by atoms with Gasteiger partial charge < -0.3 is 14.6 Å². The lowest BCUT2D eigenvalue weighted by atomic mass is 9.76. The highest BCUT2D eigenvalue weighted by atomic mass is 16.6. The highest BCUT2D eigenvalue weighted by Crippen LogP contribution is 2.43. The summed E-state index contributed by atoms with van der Waals surface area (Å²) in [6, 6.07) is 0. The summed E-state index contributed by atoms with van der Waals surface area (Å²) in [6.07, 6.45) is 7.91. The predicted octanol–water partition coefficient (Wildman–Crippen LogP) is 1.04. The van der Waals surface area contributed by atoms with E-state index in [9.17, 15) is 9.59 Å². The van der Waals surface area contributed by atoms with Crippen LogP contribution in [0.25, 0.3) is 0 Å². The smallest absolute Gasteiger partial charge is 0.312 e. The van der Waals surface area contributed by atoms with E-state index in [1.165, 1.54) is 12.8 Å². The molecule has 0 bridgehead atoms. The lowest BCUT2D eigenvalue weighted by Crippen LogP contribution is -2.45. The Morgan fingerprint density at radius 1 is 1.29 bits per heavy atom. The molecule has 3 aliphatic heterocycles. The fourth-order valence-electron chi connectivity index (χ4n) is 4.27. The molecule has 0 radical (unpaired) electrons. The molecule has 1 aromatic rings. The first-order valence-corrected chi connectivity index (χ1v) is 8.88. The molecule has 3 saturated heterocycles. The van der Waals surface area contributed by atoms with Crippen LogP contribution in [-0.4, -0.2) is 70.5 Å². The van der Waals surface area contributed by atoms with Crippen LogP contribution in [-0.2, 0) is 9.53 Å². The molecule has 1 N–H and O–H groups in total. The van der Waals surface area contributed by atoms with Gasteiger partial charge in [0.25, 0.3) is 5.91 Å². The summed E-state index contributed by atoms with van der Waals surface area (Å²) in [5.74, 6) is 0.221. The molecule has 1 atom stereocenters. The maximum Gasteiger partial charge on any atom is 0.312 e. The number of rotatable bonds is 3. The van der Waals surface area contributed by atoms with E-state index in [4.69, 9.17) is 4.74 Å². The fourth-order valence-corrected chi connectivity index (χ4v) is 4.27. The quantitative estimate of drug-likeness (QED) is 0.837. The van der Waals surface area contributed by atoms with Crippen LogP contribution in [0.1, 0.15) is 42.7 Å². The van der Waals surface area contributed by atoms with E-state index in [-0.39, 0.29) is 23.4 Å². The number of H-pyrrole nitrogens is 1. The zero-order valence-corrected chi connectivity index (χ0v) is 13.9. The summed E-state index contributed by atoms with van der Waals surface area (Å²) in [7, 11) is 0. The van der Waals surface area contributed by atoms with Gasteiger partial charge in [-0.1, -0.05) is 0 Å². The summed E-state index contributed by atoms with van der Waals surface area (Å²) >= 11 is 0. The van der Waals surface area contributed by atoms with Crippen molar-refractivity contribution in [3.63, 3.8) is 0 Å². The van der Waals surface area contributed by atoms with Gasteiger partial charge >= 0.3 is 5.97 Å². The maximum absolute atomic E-state index is 12.5. The minimum Gasteiger partial charge on any atom is -0.461 e. The average Bonchev–Trinajstić information content (AvgIpc) is 3.32. The molecular formula is C17H24N4O3. The van der Waals surface area contributed by atoms with E-state index in [1.807, 2.05) is 0 Å². The minimum atomic E-state index is -0.385. The Hall–Kier alpha value is -1.89. The summed E-state index contributed by atoms with van der Waals surface area (Å²) in [5.41, 5.74) is -0.385. The predicted molar refractivity (Wildman–Crippen MR) is 86.3 cm³/mol. The minimum absolute atomic E-state index is 0.0166. The number of aromatic amines is 1. The molecule has 0 saturated carbocycles. The third-order valence-corrected chi connectivity index (χ3v) is 5.69. The topological polar surface area (TPSA) is 78.5 Å². The van der Waals surface area contributed by atoms with Gasteiger partial charge in [0, 0.05) is 38.4 Å². The maximum atomic E-state index is 12.5. The first-order valence-electron chi connectivity index (χ1n) is 8.88. The van der Waals surface area contributed by atoms with E-state index < -0.39 is 0 Å². The summed E-state index contributed by atoms with van der Waals surface area (Å²) < 4.78 is 5.68. The number of hydrogen-bond acceptors (Lipinski definition) is 5.